The minimum Gasteiger partial charge on any atom is -0.291 e. The van der Waals surface area contributed by atoms with Crippen LogP contribution in [0.15, 0.2) is 90.3 Å². The monoisotopic (exact) mass is 377 g/mol. The molecule has 0 atom stereocenters. The second-order valence-electron chi connectivity index (χ2n) is 6.80. The van der Waals surface area contributed by atoms with Gasteiger partial charge in [0.25, 0.3) is 0 Å². The maximum Gasteiger partial charge on any atom is 0.160 e. The van der Waals surface area contributed by atoms with Gasteiger partial charge in [-0.25, -0.2) is 0 Å². The van der Waals surface area contributed by atoms with Crippen LogP contribution in [0, 0.1) is 0 Å². The van der Waals surface area contributed by atoms with Crippen molar-refractivity contribution in [3.8, 4) is 17.1 Å². The highest BCUT2D eigenvalue weighted by Crippen LogP contribution is 2.38. The average molecular weight is 377 g/mol. The predicted octanol–water partition coefficient (Wildman–Crippen LogP) is 6.46. The van der Waals surface area contributed by atoms with E-state index in [9.17, 15) is 0 Å². The molecule has 0 spiro atoms. The zero-order valence-corrected chi connectivity index (χ0v) is 15.7. The first-order chi connectivity index (χ1) is 13.9. The van der Waals surface area contributed by atoms with E-state index in [4.69, 9.17) is 0 Å². The van der Waals surface area contributed by atoms with Crippen molar-refractivity contribution >= 4 is 43.2 Å². The van der Waals surface area contributed by atoms with Gasteiger partial charge in [-0.3, -0.25) is 4.57 Å². The predicted molar refractivity (Wildman–Crippen MR) is 117 cm³/mol. The van der Waals surface area contributed by atoms with E-state index in [1.54, 1.807) is 11.3 Å². The van der Waals surface area contributed by atoms with Crippen LogP contribution in [0.5, 0.6) is 0 Å². The van der Waals surface area contributed by atoms with Crippen LogP contribution in [0.2, 0.25) is 0 Å². The van der Waals surface area contributed by atoms with E-state index in [0.29, 0.717) is 0 Å². The molecule has 3 aromatic heterocycles. The fraction of sp³-hybridized carbons (Fsp3) is 0. The van der Waals surface area contributed by atoms with Gasteiger partial charge in [-0.2, -0.15) is 0 Å². The van der Waals surface area contributed by atoms with Gasteiger partial charge >= 0.3 is 0 Å². The average Bonchev–Trinajstić information content (AvgIpc) is 3.37. The van der Waals surface area contributed by atoms with Crippen LogP contribution in [0.4, 0.5) is 0 Å². The van der Waals surface area contributed by atoms with Crippen molar-refractivity contribution in [2.24, 2.45) is 0 Å². The Balaban J connectivity index is 1.66. The zero-order chi connectivity index (χ0) is 18.5. The van der Waals surface area contributed by atoms with E-state index < -0.39 is 0 Å². The molecule has 0 saturated heterocycles. The number of fused-ring (bicyclic) bond motifs is 5. The van der Waals surface area contributed by atoms with Gasteiger partial charge in [-0.15, -0.1) is 21.5 Å². The lowest BCUT2D eigenvalue weighted by molar-refractivity contribution is 0.959. The summed E-state index contributed by atoms with van der Waals surface area (Å²) in [5, 5.41) is 15.0. The Morgan fingerprint density at radius 2 is 1.54 bits per heavy atom. The number of benzene rings is 3. The van der Waals surface area contributed by atoms with Crippen LogP contribution in [0.3, 0.4) is 0 Å². The summed E-state index contributed by atoms with van der Waals surface area (Å²) >= 11 is 1.77. The smallest absolute Gasteiger partial charge is 0.160 e. The van der Waals surface area contributed by atoms with Crippen molar-refractivity contribution in [2.75, 3.05) is 0 Å². The van der Waals surface area contributed by atoms with Gasteiger partial charge in [0.15, 0.2) is 5.82 Å². The van der Waals surface area contributed by atoms with Gasteiger partial charge in [0.2, 0.25) is 0 Å². The summed E-state index contributed by atoms with van der Waals surface area (Å²) in [4.78, 5) is 0. The minimum absolute atomic E-state index is 0.840. The molecule has 0 aliphatic carbocycles. The molecule has 3 nitrogen and oxygen atoms in total. The molecular formula is C24H15N3S. The quantitative estimate of drug-likeness (QED) is 0.347. The fourth-order valence-corrected chi connectivity index (χ4v) is 4.85. The molecule has 0 fully saturated rings. The molecule has 0 aliphatic rings. The molecule has 3 aromatic carbocycles. The van der Waals surface area contributed by atoms with E-state index >= 15 is 0 Å². The van der Waals surface area contributed by atoms with Crippen molar-refractivity contribution in [3.05, 3.63) is 90.3 Å². The highest BCUT2D eigenvalue weighted by Gasteiger charge is 2.16. The number of rotatable bonds is 2. The second kappa shape index (κ2) is 6.01. The Bertz CT molecular complexity index is 1440. The third-order valence-electron chi connectivity index (χ3n) is 5.20. The summed E-state index contributed by atoms with van der Waals surface area (Å²) < 4.78 is 3.52. The highest BCUT2D eigenvalue weighted by atomic mass is 32.1. The number of nitrogens with zero attached hydrogens (tertiary/aromatic N) is 3. The standard InChI is InChI=1S/C24H15N3S/c1-2-6-16(7-3-1)20-12-13-22(26-25-20)27-21-9-5-4-8-18(21)19-11-10-17-14-15-28-24(17)23(19)27/h1-15H. The van der Waals surface area contributed by atoms with Crippen LogP contribution in [0.1, 0.15) is 0 Å². The topological polar surface area (TPSA) is 30.7 Å². The zero-order valence-electron chi connectivity index (χ0n) is 14.9. The normalized spacial score (nSPS) is 11.6. The molecule has 0 bridgehead atoms. The molecule has 6 rings (SSSR count). The molecule has 4 heteroatoms. The van der Waals surface area contributed by atoms with Crippen LogP contribution in [-0.4, -0.2) is 14.8 Å². The van der Waals surface area contributed by atoms with E-state index in [1.165, 1.54) is 26.4 Å². The Hall–Kier alpha value is -3.50. The van der Waals surface area contributed by atoms with Crippen molar-refractivity contribution in [2.45, 2.75) is 0 Å². The minimum atomic E-state index is 0.840. The van der Waals surface area contributed by atoms with E-state index in [1.807, 2.05) is 24.3 Å². The Morgan fingerprint density at radius 3 is 2.39 bits per heavy atom. The fourth-order valence-electron chi connectivity index (χ4n) is 3.92. The summed E-state index contributed by atoms with van der Waals surface area (Å²) in [5.41, 5.74) is 4.31. The van der Waals surface area contributed by atoms with Crippen LogP contribution >= 0.6 is 11.3 Å². The molecule has 28 heavy (non-hydrogen) atoms. The first kappa shape index (κ1) is 15.5. The SMILES string of the molecule is c1ccc(-c2ccc(-n3c4ccccc4c4ccc5ccsc5c43)nn2)cc1. The number of hydrogen-bond acceptors (Lipinski definition) is 3. The lowest BCUT2D eigenvalue weighted by Gasteiger charge is -2.07. The lowest BCUT2D eigenvalue weighted by Crippen LogP contribution is -1.99. The molecule has 0 aliphatic heterocycles. The van der Waals surface area contributed by atoms with Gasteiger partial charge in [-0.1, -0.05) is 60.7 Å². The van der Waals surface area contributed by atoms with Gasteiger partial charge < -0.3 is 0 Å². The Kier molecular flexibility index (Phi) is 3.34. The molecular weight excluding hydrogens is 362 g/mol. The van der Waals surface area contributed by atoms with E-state index in [2.05, 4.69) is 80.8 Å². The second-order valence-corrected chi connectivity index (χ2v) is 7.71. The number of hydrogen-bond donors (Lipinski definition) is 0. The van der Waals surface area contributed by atoms with Crippen molar-refractivity contribution in [1.29, 1.82) is 0 Å². The third kappa shape index (κ3) is 2.22. The molecule has 0 N–H and O–H groups in total. The molecule has 6 aromatic rings. The molecule has 0 saturated carbocycles. The summed E-state index contributed by atoms with van der Waals surface area (Å²) in [7, 11) is 0. The summed E-state index contributed by atoms with van der Waals surface area (Å²) in [6.07, 6.45) is 0. The van der Waals surface area contributed by atoms with Gasteiger partial charge in [0.05, 0.1) is 21.4 Å². The van der Waals surface area contributed by atoms with E-state index in [0.717, 1.165) is 22.6 Å². The van der Waals surface area contributed by atoms with Gasteiger partial charge in [0, 0.05) is 16.3 Å². The third-order valence-corrected chi connectivity index (χ3v) is 6.14. The van der Waals surface area contributed by atoms with Gasteiger partial charge in [-0.05, 0) is 35.0 Å². The summed E-state index contributed by atoms with van der Waals surface area (Å²) in [6, 6.07) is 29.4. The highest BCUT2D eigenvalue weighted by molar-refractivity contribution is 7.18. The molecule has 0 amide bonds. The largest absolute Gasteiger partial charge is 0.291 e. The molecule has 0 radical (unpaired) electrons. The summed E-state index contributed by atoms with van der Waals surface area (Å²) in [6.45, 7) is 0. The number of para-hydroxylation sites is 1. The maximum absolute atomic E-state index is 4.61. The maximum atomic E-state index is 4.61. The van der Waals surface area contributed by atoms with Crippen molar-refractivity contribution in [1.82, 2.24) is 14.8 Å². The first-order valence-corrected chi connectivity index (χ1v) is 10.1. The Morgan fingerprint density at radius 1 is 0.679 bits per heavy atom. The lowest BCUT2D eigenvalue weighted by atomic mass is 10.1. The summed E-state index contributed by atoms with van der Waals surface area (Å²) in [5.74, 6) is 0.840. The van der Waals surface area contributed by atoms with Crippen molar-refractivity contribution in [3.63, 3.8) is 0 Å². The Labute approximate surface area is 165 Å². The van der Waals surface area contributed by atoms with Crippen LogP contribution < -0.4 is 0 Å². The first-order valence-electron chi connectivity index (χ1n) is 9.19. The van der Waals surface area contributed by atoms with Gasteiger partial charge in [0.1, 0.15) is 0 Å². The number of aromatic nitrogens is 3. The van der Waals surface area contributed by atoms with E-state index in [-0.39, 0.29) is 0 Å². The van der Waals surface area contributed by atoms with Crippen LogP contribution in [0.25, 0.3) is 49.0 Å². The number of thiophene rings is 1. The molecule has 3 heterocycles. The van der Waals surface area contributed by atoms with Crippen LogP contribution in [-0.2, 0) is 0 Å². The molecule has 132 valence electrons. The van der Waals surface area contributed by atoms with Crippen molar-refractivity contribution < 1.29 is 0 Å². The molecule has 0 unspecified atom stereocenters.